The van der Waals surface area contributed by atoms with Crippen LogP contribution in [0.25, 0.3) is 0 Å². The van der Waals surface area contributed by atoms with Gasteiger partial charge in [-0.1, -0.05) is 54.1 Å². The van der Waals surface area contributed by atoms with Gasteiger partial charge in [0.25, 0.3) is 0 Å². The van der Waals surface area contributed by atoms with Crippen LogP contribution in [0.15, 0.2) is 54.6 Å². The number of carbonyl (C=O) groups is 2. The number of nitrogens with zero attached hydrogens (tertiary/aromatic N) is 1. The van der Waals surface area contributed by atoms with Gasteiger partial charge >= 0.3 is 0 Å². The van der Waals surface area contributed by atoms with Crippen molar-refractivity contribution in [2.45, 2.75) is 49.6 Å². The van der Waals surface area contributed by atoms with Gasteiger partial charge in [-0.05, 0) is 48.9 Å². The van der Waals surface area contributed by atoms with Gasteiger partial charge in [-0.2, -0.15) is 0 Å². The standard InChI is InChI=1S/C24H28ClN3O2/c25-19-8-4-7-18(14-19)24(16-26)11-9-20(10-12-24)28-15-22(29)27-21(23(28)30)13-17-5-2-1-3-6-17/h1-8,14,20-21H,9-13,15-16,26H2,(H,27,29)/t20-,21-,24+/m1/s1. The third-order valence-corrected chi connectivity index (χ3v) is 6.93. The molecule has 1 aliphatic heterocycles. The van der Waals surface area contributed by atoms with Crippen molar-refractivity contribution in [3.63, 3.8) is 0 Å². The first kappa shape index (κ1) is 20.9. The molecule has 2 aromatic rings. The topological polar surface area (TPSA) is 75.4 Å². The molecule has 2 aliphatic rings. The van der Waals surface area contributed by atoms with E-state index in [4.69, 9.17) is 17.3 Å². The van der Waals surface area contributed by atoms with Crippen molar-refractivity contribution in [3.05, 3.63) is 70.7 Å². The van der Waals surface area contributed by atoms with E-state index in [1.165, 1.54) is 5.56 Å². The highest BCUT2D eigenvalue weighted by molar-refractivity contribution is 6.30. The summed E-state index contributed by atoms with van der Waals surface area (Å²) in [7, 11) is 0. The Morgan fingerprint density at radius 1 is 1.07 bits per heavy atom. The molecule has 30 heavy (non-hydrogen) atoms. The lowest BCUT2D eigenvalue weighted by atomic mass is 9.68. The van der Waals surface area contributed by atoms with Gasteiger partial charge in [-0.3, -0.25) is 9.59 Å². The predicted octanol–water partition coefficient (Wildman–Crippen LogP) is 3.05. The molecule has 2 amide bonds. The Morgan fingerprint density at radius 3 is 2.47 bits per heavy atom. The molecule has 6 heteroatoms. The summed E-state index contributed by atoms with van der Waals surface area (Å²) in [6.45, 7) is 0.687. The number of hydrogen-bond donors (Lipinski definition) is 2. The molecule has 0 bridgehead atoms. The highest BCUT2D eigenvalue weighted by Crippen LogP contribution is 2.41. The fourth-order valence-corrected chi connectivity index (χ4v) is 5.12. The maximum absolute atomic E-state index is 13.2. The van der Waals surface area contributed by atoms with Crippen LogP contribution in [0.5, 0.6) is 0 Å². The maximum Gasteiger partial charge on any atom is 0.246 e. The molecule has 5 nitrogen and oxygen atoms in total. The van der Waals surface area contributed by atoms with E-state index >= 15 is 0 Å². The average molecular weight is 426 g/mol. The van der Waals surface area contributed by atoms with Crippen molar-refractivity contribution in [1.29, 1.82) is 0 Å². The lowest BCUT2D eigenvalue weighted by Crippen LogP contribution is -2.62. The fourth-order valence-electron chi connectivity index (χ4n) is 4.93. The van der Waals surface area contributed by atoms with Crippen molar-refractivity contribution in [2.75, 3.05) is 13.1 Å². The van der Waals surface area contributed by atoms with Crippen LogP contribution >= 0.6 is 11.6 Å². The first-order valence-electron chi connectivity index (χ1n) is 10.6. The molecular formula is C24H28ClN3O2. The molecular weight excluding hydrogens is 398 g/mol. The molecule has 4 rings (SSSR count). The number of amides is 2. The molecule has 2 fully saturated rings. The van der Waals surface area contributed by atoms with Crippen LogP contribution in [-0.2, 0) is 21.4 Å². The largest absolute Gasteiger partial charge is 0.342 e. The SMILES string of the molecule is NC[C@]1(c2cccc(Cl)c2)CC[C@@H](N2CC(=O)N[C@H](Cc3ccccc3)C2=O)CC1. The number of nitrogens with one attached hydrogen (secondary N) is 1. The molecule has 0 spiro atoms. The second kappa shape index (κ2) is 8.78. The number of piperazine rings is 1. The van der Waals surface area contributed by atoms with E-state index in [-0.39, 0.29) is 29.8 Å². The molecule has 1 saturated carbocycles. The van der Waals surface area contributed by atoms with Gasteiger partial charge in [0.05, 0.1) is 6.54 Å². The van der Waals surface area contributed by atoms with E-state index in [1.807, 2.05) is 48.5 Å². The van der Waals surface area contributed by atoms with Gasteiger partial charge in [0.1, 0.15) is 6.04 Å². The molecule has 1 saturated heterocycles. The number of carbonyl (C=O) groups excluding carboxylic acids is 2. The second-order valence-electron chi connectivity index (χ2n) is 8.50. The molecule has 0 radical (unpaired) electrons. The van der Waals surface area contributed by atoms with Crippen molar-refractivity contribution in [2.24, 2.45) is 5.73 Å². The third-order valence-electron chi connectivity index (χ3n) is 6.69. The Labute approximate surface area is 182 Å². The second-order valence-corrected chi connectivity index (χ2v) is 8.94. The highest BCUT2D eigenvalue weighted by Gasteiger charge is 2.42. The zero-order valence-electron chi connectivity index (χ0n) is 17.0. The smallest absolute Gasteiger partial charge is 0.246 e. The van der Waals surface area contributed by atoms with Gasteiger partial charge in [0.2, 0.25) is 11.8 Å². The minimum atomic E-state index is -0.497. The van der Waals surface area contributed by atoms with Gasteiger partial charge in [0.15, 0.2) is 0 Å². The van der Waals surface area contributed by atoms with Crippen LogP contribution in [-0.4, -0.2) is 41.9 Å². The normalized spacial score (nSPS) is 27.1. The molecule has 1 heterocycles. The van der Waals surface area contributed by atoms with Crippen LogP contribution in [0.3, 0.4) is 0 Å². The van der Waals surface area contributed by atoms with Crippen LogP contribution in [0.2, 0.25) is 5.02 Å². The zero-order valence-corrected chi connectivity index (χ0v) is 17.8. The number of nitrogens with two attached hydrogens (primary N) is 1. The van der Waals surface area contributed by atoms with E-state index in [1.54, 1.807) is 4.90 Å². The summed E-state index contributed by atoms with van der Waals surface area (Å²) in [5.74, 6) is -0.0625. The molecule has 158 valence electrons. The molecule has 1 aliphatic carbocycles. The molecule has 1 atom stereocenters. The summed E-state index contributed by atoms with van der Waals surface area (Å²) < 4.78 is 0. The minimum absolute atomic E-state index is 0.0199. The maximum atomic E-state index is 13.2. The zero-order chi connectivity index (χ0) is 21.1. The van der Waals surface area contributed by atoms with E-state index in [9.17, 15) is 9.59 Å². The number of hydrogen-bond acceptors (Lipinski definition) is 3. The predicted molar refractivity (Wildman–Crippen MR) is 118 cm³/mol. The first-order chi connectivity index (χ1) is 14.5. The van der Waals surface area contributed by atoms with Crippen LogP contribution in [0.1, 0.15) is 36.8 Å². The van der Waals surface area contributed by atoms with Crippen molar-refractivity contribution >= 4 is 23.4 Å². The number of halogens is 1. The molecule has 3 N–H and O–H groups in total. The summed E-state index contributed by atoms with van der Waals surface area (Å²) in [6.07, 6.45) is 3.94. The van der Waals surface area contributed by atoms with E-state index in [0.29, 0.717) is 18.0 Å². The Kier molecular flexibility index (Phi) is 6.11. The van der Waals surface area contributed by atoms with Crippen LogP contribution in [0, 0.1) is 0 Å². The minimum Gasteiger partial charge on any atom is -0.342 e. The monoisotopic (exact) mass is 425 g/mol. The van der Waals surface area contributed by atoms with Gasteiger partial charge < -0.3 is 16.0 Å². The lowest BCUT2D eigenvalue weighted by molar-refractivity contribution is -0.147. The van der Waals surface area contributed by atoms with E-state index in [0.717, 1.165) is 31.2 Å². The summed E-state index contributed by atoms with van der Waals surface area (Å²) in [5, 5.41) is 3.60. The van der Waals surface area contributed by atoms with Gasteiger partial charge in [-0.25, -0.2) is 0 Å². The summed E-state index contributed by atoms with van der Waals surface area (Å²) in [4.78, 5) is 27.4. The molecule has 0 unspecified atom stereocenters. The summed E-state index contributed by atoms with van der Waals surface area (Å²) in [5.41, 5.74) is 8.31. The quantitative estimate of drug-likeness (QED) is 0.773. The third kappa shape index (κ3) is 4.23. The Balaban J connectivity index is 1.46. The van der Waals surface area contributed by atoms with Crippen molar-refractivity contribution < 1.29 is 9.59 Å². The van der Waals surface area contributed by atoms with E-state index < -0.39 is 6.04 Å². The highest BCUT2D eigenvalue weighted by atomic mass is 35.5. The lowest BCUT2D eigenvalue weighted by Gasteiger charge is -2.45. The van der Waals surface area contributed by atoms with Crippen LogP contribution < -0.4 is 11.1 Å². The number of rotatable bonds is 5. The van der Waals surface area contributed by atoms with Crippen LogP contribution in [0.4, 0.5) is 0 Å². The van der Waals surface area contributed by atoms with E-state index in [2.05, 4.69) is 11.4 Å². The Hall–Kier alpha value is -2.37. The Morgan fingerprint density at radius 2 is 1.80 bits per heavy atom. The first-order valence-corrected chi connectivity index (χ1v) is 11.0. The fraction of sp³-hybridized carbons (Fsp3) is 0.417. The van der Waals surface area contributed by atoms with Gasteiger partial charge in [-0.15, -0.1) is 0 Å². The Bertz CT molecular complexity index is 910. The summed E-state index contributed by atoms with van der Waals surface area (Å²) >= 11 is 6.21. The number of benzene rings is 2. The summed E-state index contributed by atoms with van der Waals surface area (Å²) in [6, 6.07) is 17.3. The van der Waals surface area contributed by atoms with Crippen molar-refractivity contribution in [3.8, 4) is 0 Å². The van der Waals surface area contributed by atoms with Gasteiger partial charge in [0, 0.05) is 29.4 Å². The van der Waals surface area contributed by atoms with Crippen molar-refractivity contribution in [1.82, 2.24) is 10.2 Å². The molecule has 0 aromatic heterocycles. The average Bonchev–Trinajstić information content (AvgIpc) is 2.77. The molecule has 2 aromatic carbocycles.